The molecule has 0 saturated carbocycles. The summed E-state index contributed by atoms with van der Waals surface area (Å²) in [6.45, 7) is 0. The molecule has 2 nitrogen and oxygen atoms in total. The molecule has 0 amide bonds. The van der Waals surface area contributed by atoms with Gasteiger partial charge in [0.2, 0.25) is 0 Å². The Morgan fingerprint density at radius 2 is 1.92 bits per heavy atom. The second-order valence-corrected chi connectivity index (χ2v) is 4.38. The van der Waals surface area contributed by atoms with Crippen LogP contribution in [0.25, 0.3) is 11.0 Å². The predicted octanol–water partition coefficient (Wildman–Crippen LogP) is 3.81. The summed E-state index contributed by atoms with van der Waals surface area (Å²) in [7, 11) is 0. The highest BCUT2D eigenvalue weighted by atomic mass is 79.9. The first-order valence-corrected chi connectivity index (χ1v) is 5.42. The van der Waals surface area contributed by atoms with Crippen LogP contribution in [0.3, 0.4) is 0 Å². The summed E-state index contributed by atoms with van der Waals surface area (Å²) in [5, 5.41) is 0.380. The van der Waals surface area contributed by atoms with Crippen LogP contribution < -0.4 is 0 Å². The third kappa shape index (κ3) is 1.71. The molecule has 0 atom stereocenters. The van der Waals surface area contributed by atoms with Gasteiger partial charge in [0.15, 0.2) is 5.15 Å². The average molecular weight is 322 g/mol. The fourth-order valence-corrected chi connectivity index (χ4v) is 1.84. The lowest BCUT2D eigenvalue weighted by Crippen LogP contribution is -1.87. The summed E-state index contributed by atoms with van der Waals surface area (Å²) >= 11 is 12.4. The van der Waals surface area contributed by atoms with Crippen LogP contribution in [-0.4, -0.2) is 9.97 Å². The van der Waals surface area contributed by atoms with Crippen molar-refractivity contribution in [3.05, 3.63) is 32.4 Å². The van der Waals surface area contributed by atoms with Crippen LogP contribution in [0.4, 0.5) is 0 Å². The van der Waals surface area contributed by atoms with Crippen molar-refractivity contribution in [1.29, 1.82) is 0 Å². The molecular weight excluding hydrogens is 319 g/mol. The van der Waals surface area contributed by atoms with Crippen LogP contribution in [0, 0.1) is 0 Å². The molecule has 2 aromatic rings. The minimum atomic E-state index is 0.380. The van der Waals surface area contributed by atoms with Crippen molar-refractivity contribution in [3.63, 3.8) is 0 Å². The highest BCUT2D eigenvalue weighted by Gasteiger charge is 2.05. The average Bonchev–Trinajstić information content (AvgIpc) is 2.09. The van der Waals surface area contributed by atoms with Gasteiger partial charge in [0.25, 0.3) is 0 Å². The Morgan fingerprint density at radius 3 is 2.69 bits per heavy atom. The monoisotopic (exact) mass is 320 g/mol. The van der Waals surface area contributed by atoms with Gasteiger partial charge < -0.3 is 0 Å². The maximum atomic E-state index is 5.80. The van der Waals surface area contributed by atoms with E-state index in [1.807, 2.05) is 18.2 Å². The predicted molar refractivity (Wildman–Crippen MR) is 59.9 cm³/mol. The third-order valence-corrected chi connectivity index (χ3v) is 3.25. The van der Waals surface area contributed by atoms with E-state index in [9.17, 15) is 0 Å². The Morgan fingerprint density at radius 1 is 1.15 bits per heavy atom. The van der Waals surface area contributed by atoms with Crippen LogP contribution in [-0.2, 0) is 0 Å². The molecule has 66 valence electrons. The second-order valence-electron chi connectivity index (χ2n) is 2.41. The Balaban J connectivity index is 2.89. The van der Waals surface area contributed by atoms with E-state index in [1.54, 1.807) is 0 Å². The van der Waals surface area contributed by atoms with Gasteiger partial charge in [-0.2, -0.15) is 0 Å². The molecule has 2 rings (SSSR count). The number of halogens is 3. The fourth-order valence-electron chi connectivity index (χ4n) is 1.00. The number of hydrogen-bond donors (Lipinski definition) is 0. The zero-order chi connectivity index (χ0) is 9.42. The molecule has 0 aliphatic carbocycles. The number of fused-ring (bicyclic) bond motifs is 1. The van der Waals surface area contributed by atoms with Crippen LogP contribution in [0.2, 0.25) is 5.15 Å². The molecule has 0 radical (unpaired) electrons. The molecule has 0 fully saturated rings. The molecule has 0 spiro atoms. The number of rotatable bonds is 0. The topological polar surface area (TPSA) is 25.8 Å². The summed E-state index contributed by atoms with van der Waals surface area (Å²) < 4.78 is 1.48. The van der Waals surface area contributed by atoms with Gasteiger partial charge in [0.05, 0.1) is 5.52 Å². The molecule has 0 aliphatic rings. The van der Waals surface area contributed by atoms with Crippen molar-refractivity contribution < 1.29 is 0 Å². The standard InChI is InChI=1S/C8H3Br2ClN2/c9-4-2-1-3-5-6(4)13-7(10)8(11)12-5/h1-3H. The van der Waals surface area contributed by atoms with E-state index >= 15 is 0 Å². The quantitative estimate of drug-likeness (QED) is 0.737. The first-order valence-electron chi connectivity index (χ1n) is 3.46. The molecule has 0 bridgehead atoms. The minimum absolute atomic E-state index is 0.380. The fraction of sp³-hybridized carbons (Fsp3) is 0. The maximum Gasteiger partial charge on any atom is 0.162 e. The Hall–Kier alpha value is -0.190. The zero-order valence-electron chi connectivity index (χ0n) is 6.26. The van der Waals surface area contributed by atoms with E-state index in [-0.39, 0.29) is 0 Å². The first kappa shape index (κ1) is 9.37. The first-order chi connectivity index (χ1) is 6.18. The largest absolute Gasteiger partial charge is 0.235 e. The van der Waals surface area contributed by atoms with Gasteiger partial charge >= 0.3 is 0 Å². The van der Waals surface area contributed by atoms with Crippen LogP contribution in [0.1, 0.15) is 0 Å². The van der Waals surface area contributed by atoms with Crippen molar-refractivity contribution in [3.8, 4) is 0 Å². The number of aromatic nitrogens is 2. The number of para-hydroxylation sites is 1. The van der Waals surface area contributed by atoms with Crippen molar-refractivity contribution in [2.24, 2.45) is 0 Å². The molecule has 0 aliphatic heterocycles. The molecule has 0 unspecified atom stereocenters. The number of benzene rings is 1. The normalized spacial score (nSPS) is 10.7. The maximum absolute atomic E-state index is 5.80. The van der Waals surface area contributed by atoms with E-state index in [1.165, 1.54) is 0 Å². The lowest BCUT2D eigenvalue weighted by Gasteiger charge is -2.00. The van der Waals surface area contributed by atoms with Gasteiger partial charge in [-0.3, -0.25) is 0 Å². The molecule has 1 aromatic carbocycles. The Kier molecular flexibility index (Phi) is 2.53. The van der Waals surface area contributed by atoms with E-state index in [2.05, 4.69) is 41.8 Å². The molecule has 1 aromatic heterocycles. The zero-order valence-corrected chi connectivity index (χ0v) is 10.2. The minimum Gasteiger partial charge on any atom is -0.235 e. The van der Waals surface area contributed by atoms with Crippen LogP contribution in [0.5, 0.6) is 0 Å². The highest BCUT2D eigenvalue weighted by Crippen LogP contribution is 2.25. The van der Waals surface area contributed by atoms with Gasteiger partial charge in [-0.05, 0) is 44.0 Å². The van der Waals surface area contributed by atoms with Crippen molar-refractivity contribution in [2.45, 2.75) is 0 Å². The van der Waals surface area contributed by atoms with Crippen LogP contribution >= 0.6 is 43.5 Å². The van der Waals surface area contributed by atoms with E-state index < -0.39 is 0 Å². The van der Waals surface area contributed by atoms with Crippen molar-refractivity contribution in [1.82, 2.24) is 9.97 Å². The number of nitrogens with zero attached hydrogens (tertiary/aromatic N) is 2. The Labute approximate surface area is 96.6 Å². The number of hydrogen-bond acceptors (Lipinski definition) is 2. The molecule has 0 N–H and O–H groups in total. The molecule has 13 heavy (non-hydrogen) atoms. The molecule has 1 heterocycles. The Bertz CT molecular complexity index is 473. The molecule has 0 saturated heterocycles. The van der Waals surface area contributed by atoms with E-state index in [0.717, 1.165) is 15.5 Å². The molecule has 5 heteroatoms. The summed E-state index contributed by atoms with van der Waals surface area (Å²) in [5.74, 6) is 0. The van der Waals surface area contributed by atoms with E-state index in [4.69, 9.17) is 11.6 Å². The summed E-state index contributed by atoms with van der Waals surface area (Å²) in [4.78, 5) is 8.41. The van der Waals surface area contributed by atoms with Crippen molar-refractivity contribution in [2.75, 3.05) is 0 Å². The summed E-state index contributed by atoms with van der Waals surface area (Å²) in [5.41, 5.74) is 1.58. The third-order valence-electron chi connectivity index (χ3n) is 1.56. The van der Waals surface area contributed by atoms with Gasteiger partial charge in [-0.15, -0.1) is 0 Å². The smallest absolute Gasteiger partial charge is 0.162 e. The van der Waals surface area contributed by atoms with Gasteiger partial charge in [-0.1, -0.05) is 17.7 Å². The second kappa shape index (κ2) is 3.52. The molecular formula is C8H3Br2ClN2. The lowest BCUT2D eigenvalue weighted by molar-refractivity contribution is 1.24. The van der Waals surface area contributed by atoms with Gasteiger partial charge in [-0.25, -0.2) is 9.97 Å². The van der Waals surface area contributed by atoms with Crippen LogP contribution in [0.15, 0.2) is 27.3 Å². The van der Waals surface area contributed by atoms with Gasteiger partial charge in [0, 0.05) is 4.47 Å². The van der Waals surface area contributed by atoms with Gasteiger partial charge in [0.1, 0.15) is 10.1 Å². The van der Waals surface area contributed by atoms with Crippen molar-refractivity contribution >= 4 is 54.5 Å². The summed E-state index contributed by atoms with van der Waals surface area (Å²) in [6, 6.07) is 5.67. The SMILES string of the molecule is Clc1nc2cccc(Br)c2nc1Br. The lowest BCUT2D eigenvalue weighted by atomic mass is 10.3. The summed E-state index contributed by atoms with van der Waals surface area (Å²) in [6.07, 6.45) is 0. The van der Waals surface area contributed by atoms with E-state index in [0.29, 0.717) is 9.76 Å². The highest BCUT2D eigenvalue weighted by molar-refractivity contribution is 9.11.